The van der Waals surface area contributed by atoms with Crippen LogP contribution in [0.1, 0.15) is 11.1 Å². The smallest absolute Gasteiger partial charge is 0.238 e. The summed E-state index contributed by atoms with van der Waals surface area (Å²) in [4.78, 5) is 0.0144. The number of nitrogens with two attached hydrogens (primary N) is 2. The molecule has 0 bridgehead atoms. The Hall–Kier alpha value is -2.05. The Bertz CT molecular complexity index is 742. The fraction of sp³-hybridized carbons (Fsp3) is 0.200. The highest BCUT2D eigenvalue weighted by Gasteiger charge is 2.09. The number of hydrogen-bond donors (Lipinski definition) is 3. The van der Waals surface area contributed by atoms with Gasteiger partial charge in [0.2, 0.25) is 10.0 Å². The van der Waals surface area contributed by atoms with Crippen LogP contribution < -0.4 is 16.2 Å². The van der Waals surface area contributed by atoms with Gasteiger partial charge >= 0.3 is 0 Å². The third-order valence-corrected chi connectivity index (χ3v) is 3.98. The summed E-state index contributed by atoms with van der Waals surface area (Å²) in [5.74, 6) is 0. The molecular weight excluding hydrogens is 286 g/mol. The summed E-state index contributed by atoms with van der Waals surface area (Å²) >= 11 is 0. The van der Waals surface area contributed by atoms with Crippen LogP contribution in [0.3, 0.4) is 0 Å². The second-order valence-corrected chi connectivity index (χ2v) is 6.56. The van der Waals surface area contributed by atoms with Gasteiger partial charge in [-0.05, 0) is 37.1 Å². The van der Waals surface area contributed by atoms with Crippen LogP contribution >= 0.6 is 0 Å². The Labute approximate surface area is 125 Å². The van der Waals surface area contributed by atoms with Crippen molar-refractivity contribution < 1.29 is 8.42 Å². The van der Waals surface area contributed by atoms with E-state index < -0.39 is 10.0 Å². The van der Waals surface area contributed by atoms with Crippen LogP contribution in [0.15, 0.2) is 47.4 Å². The van der Waals surface area contributed by atoms with Gasteiger partial charge in [0.1, 0.15) is 0 Å². The lowest BCUT2D eigenvalue weighted by Crippen LogP contribution is -2.13. The van der Waals surface area contributed by atoms with Gasteiger partial charge in [-0.3, -0.25) is 0 Å². The molecule has 0 atom stereocenters. The first kappa shape index (κ1) is 15.3. The molecule has 2 aromatic rings. The fourth-order valence-corrected chi connectivity index (χ4v) is 2.70. The maximum Gasteiger partial charge on any atom is 0.238 e. The SMILES string of the molecule is Cc1cccc(CCNc2cc(N)cc(S(N)(=O)=O)c2)c1. The van der Waals surface area contributed by atoms with Gasteiger partial charge in [0.05, 0.1) is 4.90 Å². The average molecular weight is 305 g/mol. The number of benzene rings is 2. The molecule has 0 heterocycles. The summed E-state index contributed by atoms with van der Waals surface area (Å²) in [5.41, 5.74) is 9.14. The first-order chi connectivity index (χ1) is 9.84. The molecule has 0 aromatic heterocycles. The minimum Gasteiger partial charge on any atom is -0.399 e. The normalized spacial score (nSPS) is 11.3. The third-order valence-electron chi connectivity index (χ3n) is 3.08. The third kappa shape index (κ3) is 4.47. The molecule has 0 fully saturated rings. The van der Waals surface area contributed by atoms with E-state index in [0.717, 1.165) is 6.42 Å². The second kappa shape index (κ2) is 6.15. The van der Waals surface area contributed by atoms with Gasteiger partial charge in [-0.25, -0.2) is 13.6 Å². The summed E-state index contributed by atoms with van der Waals surface area (Å²) in [5, 5.41) is 8.29. The zero-order valence-electron chi connectivity index (χ0n) is 11.8. The van der Waals surface area contributed by atoms with Gasteiger partial charge in [-0.15, -0.1) is 0 Å². The highest BCUT2D eigenvalue weighted by Crippen LogP contribution is 2.19. The Kier molecular flexibility index (Phi) is 4.50. The molecular formula is C15H19N3O2S. The van der Waals surface area contributed by atoms with Crippen LogP contribution in [0.5, 0.6) is 0 Å². The van der Waals surface area contributed by atoms with Crippen molar-refractivity contribution in [3.05, 3.63) is 53.6 Å². The molecule has 5 N–H and O–H groups in total. The molecule has 0 saturated heterocycles. The number of anilines is 2. The van der Waals surface area contributed by atoms with Crippen LogP contribution in [0.25, 0.3) is 0 Å². The molecule has 2 rings (SSSR count). The summed E-state index contributed by atoms with van der Waals surface area (Å²) in [6.45, 7) is 2.73. The predicted molar refractivity (Wildman–Crippen MR) is 85.6 cm³/mol. The van der Waals surface area contributed by atoms with E-state index >= 15 is 0 Å². The van der Waals surface area contributed by atoms with Crippen molar-refractivity contribution in [1.29, 1.82) is 0 Å². The number of sulfonamides is 1. The minimum atomic E-state index is -3.75. The van der Waals surface area contributed by atoms with Gasteiger partial charge in [0.25, 0.3) is 0 Å². The number of aryl methyl sites for hydroxylation is 1. The van der Waals surface area contributed by atoms with Gasteiger partial charge < -0.3 is 11.1 Å². The van der Waals surface area contributed by atoms with E-state index in [9.17, 15) is 8.42 Å². The van der Waals surface area contributed by atoms with Gasteiger partial charge in [0, 0.05) is 17.9 Å². The van der Waals surface area contributed by atoms with Crippen LogP contribution in [-0.2, 0) is 16.4 Å². The molecule has 0 saturated carbocycles. The molecule has 0 unspecified atom stereocenters. The van der Waals surface area contributed by atoms with Crippen molar-refractivity contribution in [2.45, 2.75) is 18.2 Å². The number of nitrogens with one attached hydrogen (secondary N) is 1. The Morgan fingerprint density at radius 3 is 2.57 bits per heavy atom. The zero-order chi connectivity index (χ0) is 15.5. The number of primary sulfonamides is 1. The molecule has 6 heteroatoms. The van der Waals surface area contributed by atoms with Crippen LogP contribution in [0.4, 0.5) is 11.4 Å². The average Bonchev–Trinajstić information content (AvgIpc) is 2.37. The zero-order valence-corrected chi connectivity index (χ0v) is 12.7. The second-order valence-electron chi connectivity index (χ2n) is 5.00. The fourth-order valence-electron chi connectivity index (χ4n) is 2.11. The lowest BCUT2D eigenvalue weighted by Gasteiger charge is -2.09. The standard InChI is InChI=1S/C15H19N3O2S/c1-11-3-2-4-12(7-11)5-6-18-14-8-13(16)9-15(10-14)21(17,19)20/h2-4,7-10,18H,5-6,16H2,1H3,(H2,17,19,20). The first-order valence-corrected chi connectivity index (χ1v) is 8.12. The Morgan fingerprint density at radius 1 is 1.14 bits per heavy atom. The molecule has 0 radical (unpaired) electrons. The molecule has 0 aliphatic heterocycles. The lowest BCUT2D eigenvalue weighted by molar-refractivity contribution is 0.598. The topological polar surface area (TPSA) is 98.2 Å². The quantitative estimate of drug-likeness (QED) is 0.734. The minimum absolute atomic E-state index is 0.0144. The van der Waals surface area contributed by atoms with Crippen molar-refractivity contribution in [3.63, 3.8) is 0 Å². The summed E-state index contributed by atoms with van der Waals surface area (Å²) in [6, 6.07) is 12.8. The van der Waals surface area contributed by atoms with Crippen molar-refractivity contribution >= 4 is 21.4 Å². The van der Waals surface area contributed by atoms with Crippen LogP contribution in [0, 0.1) is 6.92 Å². The van der Waals surface area contributed by atoms with Crippen molar-refractivity contribution in [1.82, 2.24) is 0 Å². The van der Waals surface area contributed by atoms with E-state index in [1.54, 1.807) is 6.07 Å². The van der Waals surface area contributed by atoms with Crippen molar-refractivity contribution in [2.24, 2.45) is 5.14 Å². The van der Waals surface area contributed by atoms with E-state index in [-0.39, 0.29) is 4.90 Å². The largest absolute Gasteiger partial charge is 0.399 e. The maximum absolute atomic E-state index is 11.4. The number of nitrogen functional groups attached to an aromatic ring is 1. The molecule has 0 amide bonds. The van der Waals surface area contributed by atoms with Crippen molar-refractivity contribution in [3.8, 4) is 0 Å². The highest BCUT2D eigenvalue weighted by atomic mass is 32.2. The van der Waals surface area contributed by atoms with Crippen LogP contribution in [0.2, 0.25) is 0 Å². The van der Waals surface area contributed by atoms with Crippen molar-refractivity contribution in [2.75, 3.05) is 17.6 Å². The van der Waals surface area contributed by atoms with E-state index in [2.05, 4.69) is 17.4 Å². The number of rotatable bonds is 5. The molecule has 5 nitrogen and oxygen atoms in total. The van der Waals surface area contributed by atoms with Crippen LogP contribution in [-0.4, -0.2) is 15.0 Å². The molecule has 0 aliphatic rings. The van der Waals surface area contributed by atoms with Gasteiger partial charge in [-0.1, -0.05) is 29.8 Å². The predicted octanol–water partition coefficient (Wildman–Crippen LogP) is 1.88. The van der Waals surface area contributed by atoms with E-state index in [4.69, 9.17) is 10.9 Å². The molecule has 0 spiro atoms. The molecule has 0 aliphatic carbocycles. The Morgan fingerprint density at radius 2 is 1.90 bits per heavy atom. The van der Waals surface area contributed by atoms with E-state index in [1.807, 2.05) is 19.1 Å². The molecule has 2 aromatic carbocycles. The molecule has 112 valence electrons. The van der Waals surface area contributed by atoms with E-state index in [1.165, 1.54) is 23.3 Å². The lowest BCUT2D eigenvalue weighted by atomic mass is 10.1. The Balaban J connectivity index is 2.05. The first-order valence-electron chi connectivity index (χ1n) is 6.57. The summed E-state index contributed by atoms with van der Waals surface area (Å²) in [6.07, 6.45) is 0.835. The summed E-state index contributed by atoms with van der Waals surface area (Å²) in [7, 11) is -3.75. The monoisotopic (exact) mass is 305 g/mol. The highest BCUT2D eigenvalue weighted by molar-refractivity contribution is 7.89. The number of hydrogen-bond acceptors (Lipinski definition) is 4. The van der Waals surface area contributed by atoms with Gasteiger partial charge in [-0.2, -0.15) is 0 Å². The maximum atomic E-state index is 11.4. The summed E-state index contributed by atoms with van der Waals surface area (Å²) < 4.78 is 22.7. The van der Waals surface area contributed by atoms with Gasteiger partial charge in [0.15, 0.2) is 0 Å². The molecule has 21 heavy (non-hydrogen) atoms. The van der Waals surface area contributed by atoms with E-state index in [0.29, 0.717) is 17.9 Å².